The van der Waals surface area contributed by atoms with Crippen molar-refractivity contribution in [3.63, 3.8) is 0 Å². The molecule has 1 aromatic carbocycles. The smallest absolute Gasteiger partial charge is 0.354 e. The van der Waals surface area contributed by atoms with Crippen LogP contribution in [0.25, 0.3) is 0 Å². The largest absolute Gasteiger partial charge is 0.477 e. The molecule has 0 bridgehead atoms. The van der Waals surface area contributed by atoms with E-state index < -0.39 is 5.97 Å². The van der Waals surface area contributed by atoms with Gasteiger partial charge in [-0.05, 0) is 28.4 Å². The Labute approximate surface area is 107 Å². The van der Waals surface area contributed by atoms with Crippen molar-refractivity contribution >= 4 is 21.9 Å². The van der Waals surface area contributed by atoms with Gasteiger partial charge < -0.3 is 9.67 Å². The van der Waals surface area contributed by atoms with Gasteiger partial charge in [0, 0.05) is 0 Å². The molecule has 1 aromatic heterocycles. The van der Waals surface area contributed by atoms with Gasteiger partial charge in [0.25, 0.3) is 0 Å². The molecule has 88 valence electrons. The number of carbonyl (C=O) groups is 1. The topological polar surface area (TPSA) is 55.1 Å². The molecule has 5 heteroatoms. The van der Waals surface area contributed by atoms with Crippen LogP contribution in [-0.2, 0) is 0 Å². The number of halogens is 1. The van der Waals surface area contributed by atoms with Gasteiger partial charge in [-0.2, -0.15) is 0 Å². The van der Waals surface area contributed by atoms with Crippen LogP contribution in [0.5, 0.6) is 0 Å². The Morgan fingerprint density at radius 1 is 1.41 bits per heavy atom. The van der Waals surface area contributed by atoms with Gasteiger partial charge in [0.2, 0.25) is 0 Å². The van der Waals surface area contributed by atoms with Crippen LogP contribution >= 0.6 is 15.9 Å². The number of nitrogens with zero attached hydrogens (tertiary/aromatic N) is 2. The molecule has 1 atom stereocenters. The van der Waals surface area contributed by atoms with E-state index in [0.717, 1.165) is 5.56 Å². The molecule has 0 radical (unpaired) electrons. The third kappa shape index (κ3) is 2.24. The van der Waals surface area contributed by atoms with E-state index >= 15 is 0 Å². The summed E-state index contributed by atoms with van der Waals surface area (Å²) in [5.41, 5.74) is 1.21. The monoisotopic (exact) mass is 294 g/mol. The van der Waals surface area contributed by atoms with Gasteiger partial charge in [-0.3, -0.25) is 0 Å². The number of carboxylic acids is 1. The summed E-state index contributed by atoms with van der Waals surface area (Å²) < 4.78 is 2.17. The van der Waals surface area contributed by atoms with Gasteiger partial charge in [-0.1, -0.05) is 30.3 Å². The number of aromatic nitrogens is 2. The van der Waals surface area contributed by atoms with E-state index in [1.165, 1.54) is 6.20 Å². The number of benzene rings is 1. The lowest BCUT2D eigenvalue weighted by Crippen LogP contribution is -2.14. The highest BCUT2D eigenvalue weighted by Crippen LogP contribution is 2.24. The number of imidazole rings is 1. The van der Waals surface area contributed by atoms with Gasteiger partial charge in [-0.15, -0.1) is 0 Å². The molecule has 0 saturated carbocycles. The first-order valence-electron chi connectivity index (χ1n) is 5.12. The van der Waals surface area contributed by atoms with E-state index in [-0.39, 0.29) is 11.7 Å². The van der Waals surface area contributed by atoms with Crippen molar-refractivity contribution in [2.24, 2.45) is 0 Å². The first-order valence-corrected chi connectivity index (χ1v) is 5.91. The van der Waals surface area contributed by atoms with Gasteiger partial charge in [-0.25, -0.2) is 9.78 Å². The number of aromatic carboxylic acids is 1. The molecule has 2 aromatic rings. The normalized spacial score (nSPS) is 12.4. The summed E-state index contributed by atoms with van der Waals surface area (Å²) in [6.07, 6.45) is 1.35. The number of carboxylic acid groups (broad SMARTS) is 1. The van der Waals surface area contributed by atoms with E-state index in [9.17, 15) is 4.79 Å². The average Bonchev–Trinajstić information content (AvgIpc) is 2.71. The predicted octanol–water partition coefficient (Wildman–Crippen LogP) is 2.95. The highest BCUT2D eigenvalue weighted by Gasteiger charge is 2.19. The van der Waals surface area contributed by atoms with Crippen molar-refractivity contribution in [1.29, 1.82) is 0 Å². The molecule has 0 amide bonds. The van der Waals surface area contributed by atoms with Crippen molar-refractivity contribution < 1.29 is 9.90 Å². The molecule has 17 heavy (non-hydrogen) atoms. The zero-order valence-corrected chi connectivity index (χ0v) is 10.8. The summed E-state index contributed by atoms with van der Waals surface area (Å²) in [5.74, 6) is -0.981. The van der Waals surface area contributed by atoms with Crippen LogP contribution in [-0.4, -0.2) is 20.6 Å². The molecule has 0 saturated heterocycles. The number of rotatable bonds is 3. The van der Waals surface area contributed by atoms with Crippen molar-refractivity contribution in [3.05, 3.63) is 52.5 Å². The Morgan fingerprint density at radius 2 is 2.06 bits per heavy atom. The Balaban J connectivity index is 2.47. The number of hydrogen-bond donors (Lipinski definition) is 1. The minimum absolute atomic E-state index is 0.0841. The van der Waals surface area contributed by atoms with Crippen molar-refractivity contribution in [2.75, 3.05) is 0 Å². The minimum atomic E-state index is -0.981. The molecule has 2 rings (SSSR count). The molecule has 0 fully saturated rings. The first-order chi connectivity index (χ1) is 8.11. The molecule has 4 nitrogen and oxygen atoms in total. The Hall–Kier alpha value is -1.62. The summed E-state index contributed by atoms with van der Waals surface area (Å²) in [7, 11) is 0. The zero-order valence-electron chi connectivity index (χ0n) is 9.17. The minimum Gasteiger partial charge on any atom is -0.477 e. The zero-order chi connectivity index (χ0) is 12.4. The molecular weight excluding hydrogens is 284 g/mol. The summed E-state index contributed by atoms with van der Waals surface area (Å²) in [5, 5.41) is 9.09. The van der Waals surface area contributed by atoms with Crippen LogP contribution in [0, 0.1) is 0 Å². The number of hydrogen-bond acceptors (Lipinski definition) is 2. The third-order valence-corrected chi connectivity index (χ3v) is 3.23. The highest BCUT2D eigenvalue weighted by atomic mass is 79.9. The molecule has 0 aliphatic rings. The maximum absolute atomic E-state index is 11.1. The van der Waals surface area contributed by atoms with Gasteiger partial charge in [0.1, 0.15) is 5.69 Å². The molecule has 0 spiro atoms. The van der Waals surface area contributed by atoms with Crippen LogP contribution in [0.1, 0.15) is 29.0 Å². The Kier molecular flexibility index (Phi) is 3.28. The summed E-state index contributed by atoms with van der Waals surface area (Å²) >= 11 is 3.27. The fourth-order valence-electron chi connectivity index (χ4n) is 1.75. The second kappa shape index (κ2) is 4.71. The lowest BCUT2D eigenvalue weighted by atomic mass is 10.1. The van der Waals surface area contributed by atoms with E-state index in [2.05, 4.69) is 20.9 Å². The average molecular weight is 295 g/mol. The lowest BCUT2D eigenvalue weighted by molar-refractivity contribution is 0.0683. The first kappa shape index (κ1) is 11.9. The second-order valence-corrected chi connectivity index (χ2v) is 4.38. The summed E-state index contributed by atoms with van der Waals surface area (Å²) in [6, 6.07) is 9.62. The van der Waals surface area contributed by atoms with Gasteiger partial charge >= 0.3 is 5.97 Å². The standard InChI is InChI=1S/C12H11BrN2O2/c1-8(9-5-3-2-4-6-9)15-10(11(16)17)7-14-12(15)13/h2-8H,1H3,(H,16,17)/t8-/m1/s1. The van der Waals surface area contributed by atoms with E-state index in [0.29, 0.717) is 4.73 Å². The highest BCUT2D eigenvalue weighted by molar-refractivity contribution is 9.10. The Morgan fingerprint density at radius 3 is 2.65 bits per heavy atom. The van der Waals surface area contributed by atoms with E-state index in [1.807, 2.05) is 37.3 Å². The van der Waals surface area contributed by atoms with Crippen molar-refractivity contribution in [2.45, 2.75) is 13.0 Å². The second-order valence-electron chi connectivity index (χ2n) is 3.67. The van der Waals surface area contributed by atoms with E-state index in [1.54, 1.807) is 4.57 Å². The quantitative estimate of drug-likeness (QED) is 0.947. The van der Waals surface area contributed by atoms with Gasteiger partial charge in [0.05, 0.1) is 12.2 Å². The van der Waals surface area contributed by atoms with Crippen molar-refractivity contribution in [3.8, 4) is 0 Å². The van der Waals surface area contributed by atoms with Crippen LogP contribution in [0.2, 0.25) is 0 Å². The van der Waals surface area contributed by atoms with Crippen LogP contribution in [0.3, 0.4) is 0 Å². The fraction of sp³-hybridized carbons (Fsp3) is 0.167. The maximum Gasteiger partial charge on any atom is 0.354 e. The summed E-state index contributed by atoms with van der Waals surface area (Å²) in [4.78, 5) is 15.1. The summed E-state index contributed by atoms with van der Waals surface area (Å²) in [6.45, 7) is 1.94. The fourth-order valence-corrected chi connectivity index (χ4v) is 2.35. The molecule has 0 aliphatic carbocycles. The molecule has 1 heterocycles. The van der Waals surface area contributed by atoms with Crippen LogP contribution < -0.4 is 0 Å². The molecule has 0 unspecified atom stereocenters. The van der Waals surface area contributed by atoms with E-state index in [4.69, 9.17) is 5.11 Å². The molecular formula is C12H11BrN2O2. The molecule has 1 N–H and O–H groups in total. The van der Waals surface area contributed by atoms with Crippen molar-refractivity contribution in [1.82, 2.24) is 9.55 Å². The van der Waals surface area contributed by atoms with Crippen LogP contribution in [0.4, 0.5) is 0 Å². The Bertz CT molecular complexity index is 537. The molecule has 0 aliphatic heterocycles. The predicted molar refractivity (Wildman–Crippen MR) is 67.1 cm³/mol. The lowest BCUT2D eigenvalue weighted by Gasteiger charge is -2.16. The SMILES string of the molecule is C[C@H](c1ccccc1)n1c(C(=O)O)cnc1Br. The maximum atomic E-state index is 11.1. The van der Waals surface area contributed by atoms with Gasteiger partial charge in [0.15, 0.2) is 4.73 Å². The van der Waals surface area contributed by atoms with Crippen LogP contribution in [0.15, 0.2) is 41.3 Å². The third-order valence-electron chi connectivity index (χ3n) is 2.64.